The highest BCUT2D eigenvalue weighted by Crippen LogP contribution is 2.25. The molecule has 6 heteroatoms. The van der Waals surface area contributed by atoms with Gasteiger partial charge in [-0.05, 0) is 30.2 Å². The summed E-state index contributed by atoms with van der Waals surface area (Å²) in [5.74, 6) is 0.599. The number of carbonyl (C=O) groups excluding carboxylic acids is 1. The van der Waals surface area contributed by atoms with Crippen LogP contribution in [-0.2, 0) is 9.53 Å². The van der Waals surface area contributed by atoms with E-state index in [0.29, 0.717) is 11.7 Å². The molecule has 0 spiro atoms. The van der Waals surface area contributed by atoms with Gasteiger partial charge in [-0.25, -0.2) is 9.78 Å². The first kappa shape index (κ1) is 17.4. The number of rotatable bonds is 5. The summed E-state index contributed by atoms with van der Waals surface area (Å²) in [5, 5.41) is 9.38. The fourth-order valence-corrected chi connectivity index (χ4v) is 2.40. The van der Waals surface area contributed by atoms with E-state index < -0.39 is 5.97 Å². The first-order chi connectivity index (χ1) is 12.5. The summed E-state index contributed by atoms with van der Waals surface area (Å²) < 4.78 is 9.91. The van der Waals surface area contributed by atoms with Crippen molar-refractivity contribution < 1.29 is 19.4 Å². The molecule has 0 amide bonds. The van der Waals surface area contributed by atoms with Crippen LogP contribution in [0, 0.1) is 6.92 Å². The van der Waals surface area contributed by atoms with Gasteiger partial charge in [0.05, 0.1) is 7.11 Å². The van der Waals surface area contributed by atoms with Crippen molar-refractivity contribution in [1.29, 1.82) is 0 Å². The fourth-order valence-electron chi connectivity index (χ4n) is 2.40. The number of phenols is 1. The zero-order valence-corrected chi connectivity index (χ0v) is 14.5. The molecular formula is C20H18N2O4. The quantitative estimate of drug-likeness (QED) is 0.711. The van der Waals surface area contributed by atoms with Gasteiger partial charge in [0.1, 0.15) is 5.75 Å². The summed E-state index contributed by atoms with van der Waals surface area (Å²) in [6, 6.07) is 16.4. The predicted octanol–water partition coefficient (Wildman–Crippen LogP) is 3.38. The molecule has 132 valence electrons. The number of benzene rings is 2. The molecule has 0 saturated carbocycles. The Morgan fingerprint density at radius 2 is 1.54 bits per heavy atom. The van der Waals surface area contributed by atoms with E-state index in [2.05, 4.69) is 14.7 Å². The molecule has 2 aromatic carbocycles. The molecular weight excluding hydrogens is 332 g/mol. The average Bonchev–Trinajstić information content (AvgIpc) is 2.66. The SMILES string of the molecule is COC(=O)COc1cc(C)nc(-c2ccc(-c3ccc(O)cc3)cc2)n1. The van der Waals surface area contributed by atoms with Crippen molar-refractivity contribution in [2.75, 3.05) is 13.7 Å². The highest BCUT2D eigenvalue weighted by Gasteiger charge is 2.09. The fraction of sp³-hybridized carbons (Fsp3) is 0.150. The van der Waals surface area contributed by atoms with E-state index >= 15 is 0 Å². The zero-order chi connectivity index (χ0) is 18.5. The molecule has 3 rings (SSSR count). The number of esters is 1. The maximum absolute atomic E-state index is 11.2. The van der Waals surface area contributed by atoms with Crippen LogP contribution in [0.15, 0.2) is 54.6 Å². The molecule has 3 aromatic rings. The lowest BCUT2D eigenvalue weighted by Crippen LogP contribution is -2.13. The summed E-state index contributed by atoms with van der Waals surface area (Å²) in [6.45, 7) is 1.63. The Morgan fingerprint density at radius 1 is 0.962 bits per heavy atom. The van der Waals surface area contributed by atoms with E-state index in [1.165, 1.54) is 7.11 Å². The van der Waals surface area contributed by atoms with Crippen LogP contribution in [0.1, 0.15) is 5.69 Å². The number of hydrogen-bond donors (Lipinski definition) is 1. The van der Waals surface area contributed by atoms with Gasteiger partial charge in [-0.2, -0.15) is 4.98 Å². The number of aryl methyl sites for hydroxylation is 1. The average molecular weight is 350 g/mol. The molecule has 0 saturated heterocycles. The van der Waals surface area contributed by atoms with Crippen LogP contribution < -0.4 is 4.74 Å². The highest BCUT2D eigenvalue weighted by molar-refractivity contribution is 5.71. The Morgan fingerprint density at radius 3 is 2.15 bits per heavy atom. The number of nitrogens with zero attached hydrogens (tertiary/aromatic N) is 2. The zero-order valence-electron chi connectivity index (χ0n) is 14.5. The lowest BCUT2D eigenvalue weighted by molar-refractivity contribution is -0.143. The number of aromatic hydroxyl groups is 1. The van der Waals surface area contributed by atoms with E-state index in [4.69, 9.17) is 4.74 Å². The first-order valence-electron chi connectivity index (χ1n) is 8.00. The Hall–Kier alpha value is -3.41. The first-order valence-corrected chi connectivity index (χ1v) is 8.00. The monoisotopic (exact) mass is 350 g/mol. The normalized spacial score (nSPS) is 10.4. The van der Waals surface area contributed by atoms with Crippen molar-refractivity contribution in [1.82, 2.24) is 9.97 Å². The van der Waals surface area contributed by atoms with Gasteiger partial charge in [0, 0.05) is 17.3 Å². The molecule has 0 aliphatic carbocycles. The second-order valence-electron chi connectivity index (χ2n) is 5.66. The molecule has 1 N–H and O–H groups in total. The molecule has 1 heterocycles. The number of phenolic OH excluding ortho intramolecular Hbond substituents is 1. The van der Waals surface area contributed by atoms with Crippen LogP contribution in [0.5, 0.6) is 11.6 Å². The van der Waals surface area contributed by atoms with Crippen LogP contribution in [0.25, 0.3) is 22.5 Å². The Bertz CT molecular complexity index is 906. The Balaban J connectivity index is 1.83. The molecule has 0 bridgehead atoms. The standard InChI is InChI=1S/C20H18N2O4/c1-13-11-18(26-12-19(24)25-2)22-20(21-13)16-5-3-14(4-6-16)15-7-9-17(23)10-8-15/h3-11,23H,12H2,1-2H3. The van der Waals surface area contributed by atoms with Crippen LogP contribution >= 0.6 is 0 Å². The molecule has 0 aliphatic rings. The van der Waals surface area contributed by atoms with Crippen molar-refractivity contribution in [3.63, 3.8) is 0 Å². The Kier molecular flexibility index (Phi) is 5.12. The van der Waals surface area contributed by atoms with Crippen LogP contribution in [0.4, 0.5) is 0 Å². The second-order valence-corrected chi connectivity index (χ2v) is 5.66. The van der Waals surface area contributed by atoms with Gasteiger partial charge in [0.25, 0.3) is 0 Å². The number of carbonyl (C=O) groups is 1. The summed E-state index contributed by atoms with van der Waals surface area (Å²) in [4.78, 5) is 20.0. The van der Waals surface area contributed by atoms with Gasteiger partial charge in [-0.15, -0.1) is 0 Å². The lowest BCUT2D eigenvalue weighted by atomic mass is 10.0. The summed E-state index contributed by atoms with van der Waals surface area (Å²) in [7, 11) is 1.30. The summed E-state index contributed by atoms with van der Waals surface area (Å²) in [6.07, 6.45) is 0. The van der Waals surface area contributed by atoms with Crippen LogP contribution in [-0.4, -0.2) is 34.8 Å². The van der Waals surface area contributed by atoms with E-state index in [1.807, 2.05) is 43.3 Å². The Labute approximate surface area is 151 Å². The largest absolute Gasteiger partial charge is 0.508 e. The van der Waals surface area contributed by atoms with Crippen molar-refractivity contribution in [2.45, 2.75) is 6.92 Å². The van der Waals surface area contributed by atoms with Crippen molar-refractivity contribution in [3.05, 3.63) is 60.3 Å². The molecule has 1 aromatic heterocycles. The third-order valence-electron chi connectivity index (χ3n) is 3.74. The number of aromatic nitrogens is 2. The second kappa shape index (κ2) is 7.65. The molecule has 0 unspecified atom stereocenters. The van der Waals surface area contributed by atoms with Gasteiger partial charge < -0.3 is 14.6 Å². The van der Waals surface area contributed by atoms with Gasteiger partial charge in [-0.1, -0.05) is 36.4 Å². The van der Waals surface area contributed by atoms with Crippen LogP contribution in [0.2, 0.25) is 0 Å². The maximum atomic E-state index is 11.2. The van der Waals surface area contributed by atoms with Gasteiger partial charge in [0.15, 0.2) is 12.4 Å². The van der Waals surface area contributed by atoms with Crippen molar-refractivity contribution in [3.8, 4) is 34.1 Å². The molecule has 0 radical (unpaired) electrons. The third-order valence-corrected chi connectivity index (χ3v) is 3.74. The summed E-state index contributed by atoms with van der Waals surface area (Å²) in [5.41, 5.74) is 3.59. The molecule has 0 fully saturated rings. The van der Waals surface area contributed by atoms with Gasteiger partial charge >= 0.3 is 5.97 Å². The van der Waals surface area contributed by atoms with E-state index in [1.54, 1.807) is 18.2 Å². The van der Waals surface area contributed by atoms with E-state index in [0.717, 1.165) is 22.4 Å². The van der Waals surface area contributed by atoms with Gasteiger partial charge in [-0.3, -0.25) is 0 Å². The number of ether oxygens (including phenoxy) is 2. The number of methoxy groups -OCH3 is 1. The summed E-state index contributed by atoms with van der Waals surface area (Å²) >= 11 is 0. The molecule has 6 nitrogen and oxygen atoms in total. The minimum atomic E-state index is -0.471. The molecule has 0 aliphatic heterocycles. The van der Waals surface area contributed by atoms with Crippen LogP contribution in [0.3, 0.4) is 0 Å². The molecule has 0 atom stereocenters. The lowest BCUT2D eigenvalue weighted by Gasteiger charge is -2.08. The van der Waals surface area contributed by atoms with Gasteiger partial charge in [0.2, 0.25) is 5.88 Å². The van der Waals surface area contributed by atoms with Crippen molar-refractivity contribution in [2.24, 2.45) is 0 Å². The number of hydrogen-bond acceptors (Lipinski definition) is 6. The minimum absolute atomic E-state index is 0.202. The molecule has 26 heavy (non-hydrogen) atoms. The highest BCUT2D eigenvalue weighted by atomic mass is 16.6. The minimum Gasteiger partial charge on any atom is -0.508 e. The van der Waals surface area contributed by atoms with Crippen molar-refractivity contribution >= 4 is 5.97 Å². The third kappa shape index (κ3) is 4.16. The predicted molar refractivity (Wildman–Crippen MR) is 96.8 cm³/mol. The van der Waals surface area contributed by atoms with E-state index in [-0.39, 0.29) is 12.4 Å². The smallest absolute Gasteiger partial charge is 0.343 e. The topological polar surface area (TPSA) is 81.5 Å². The maximum Gasteiger partial charge on any atom is 0.343 e. The van der Waals surface area contributed by atoms with E-state index in [9.17, 15) is 9.90 Å².